The van der Waals surface area contributed by atoms with Crippen molar-refractivity contribution in [3.05, 3.63) is 58.6 Å². The van der Waals surface area contributed by atoms with Gasteiger partial charge in [0.1, 0.15) is 16.3 Å². The zero-order valence-corrected chi connectivity index (χ0v) is 17.1. The predicted octanol–water partition coefficient (Wildman–Crippen LogP) is 3.42. The number of aromatic nitrogens is 5. The third-order valence-corrected chi connectivity index (χ3v) is 5.37. The van der Waals surface area contributed by atoms with Crippen molar-refractivity contribution in [2.45, 2.75) is 13.5 Å². The third kappa shape index (κ3) is 4.36. The molecule has 8 nitrogen and oxygen atoms in total. The van der Waals surface area contributed by atoms with Gasteiger partial charge in [-0.25, -0.2) is 4.68 Å². The van der Waals surface area contributed by atoms with Gasteiger partial charge >= 0.3 is 0 Å². The van der Waals surface area contributed by atoms with Crippen LogP contribution in [0, 0.1) is 0 Å². The number of carbonyl (C=O) groups excluding carboxylic acids is 1. The largest absolute Gasteiger partial charge is 0.484 e. The highest BCUT2D eigenvalue weighted by atomic mass is 35.5. The topological polar surface area (TPSA) is 86.0 Å². The molecule has 0 bridgehead atoms. The minimum absolute atomic E-state index is 0.0991. The van der Waals surface area contributed by atoms with Crippen LogP contribution >= 0.6 is 22.9 Å². The summed E-state index contributed by atoms with van der Waals surface area (Å²) in [7, 11) is 0. The number of hydrogen-bond donors (Lipinski definition) is 0. The van der Waals surface area contributed by atoms with Crippen molar-refractivity contribution < 1.29 is 9.53 Å². The maximum atomic E-state index is 12.6. The van der Waals surface area contributed by atoms with Crippen molar-refractivity contribution in [1.29, 1.82) is 0 Å². The Morgan fingerprint density at radius 3 is 2.72 bits per heavy atom. The van der Waals surface area contributed by atoms with E-state index in [-0.39, 0.29) is 12.5 Å². The second-order valence-electron chi connectivity index (χ2n) is 6.09. The van der Waals surface area contributed by atoms with Crippen molar-refractivity contribution in [3.8, 4) is 5.75 Å². The lowest BCUT2D eigenvalue weighted by Gasteiger charge is -2.17. The average molecular weight is 429 g/mol. The molecular weight excluding hydrogens is 412 g/mol. The van der Waals surface area contributed by atoms with E-state index in [1.807, 2.05) is 31.2 Å². The van der Waals surface area contributed by atoms with Crippen LogP contribution in [0.15, 0.2) is 48.5 Å². The molecule has 148 valence electrons. The molecule has 0 aliphatic heterocycles. The molecule has 0 saturated heterocycles. The Bertz CT molecular complexity index is 1130. The van der Waals surface area contributed by atoms with Gasteiger partial charge in [-0.05, 0) is 43.3 Å². The number of rotatable bonds is 7. The zero-order valence-electron chi connectivity index (χ0n) is 15.5. The van der Waals surface area contributed by atoms with Gasteiger partial charge < -0.3 is 4.74 Å². The molecule has 4 rings (SSSR count). The predicted molar refractivity (Wildman–Crippen MR) is 112 cm³/mol. The minimum atomic E-state index is -0.198. The number of hydrogen-bond acceptors (Lipinski definition) is 7. The van der Waals surface area contributed by atoms with Gasteiger partial charge in [0, 0.05) is 11.6 Å². The molecule has 0 saturated carbocycles. The summed E-state index contributed by atoms with van der Waals surface area (Å²) >= 11 is 7.20. The van der Waals surface area contributed by atoms with Gasteiger partial charge in [0.15, 0.2) is 6.61 Å². The van der Waals surface area contributed by atoms with E-state index < -0.39 is 0 Å². The molecule has 0 aliphatic carbocycles. The number of carbonyl (C=O) groups is 1. The first-order chi connectivity index (χ1) is 14.1. The van der Waals surface area contributed by atoms with Crippen LogP contribution in [0.3, 0.4) is 0 Å². The zero-order chi connectivity index (χ0) is 20.2. The van der Waals surface area contributed by atoms with Crippen LogP contribution in [0.5, 0.6) is 5.75 Å². The standard InChI is InChI=1S/C19H17ClN6O2S/c1-2-25(18(27)12-28-14-9-7-13(20)8-10-14)19-23-22-17(29-19)11-26-16-6-4-3-5-15(16)21-24-26/h3-10H,2,11-12H2,1H3. The normalized spacial score (nSPS) is 11.0. The van der Waals surface area contributed by atoms with Gasteiger partial charge in [-0.2, -0.15) is 0 Å². The third-order valence-electron chi connectivity index (χ3n) is 4.19. The lowest BCUT2D eigenvalue weighted by Crippen LogP contribution is -2.34. The van der Waals surface area contributed by atoms with Crippen molar-refractivity contribution in [1.82, 2.24) is 25.2 Å². The van der Waals surface area contributed by atoms with E-state index in [0.29, 0.717) is 29.0 Å². The minimum Gasteiger partial charge on any atom is -0.484 e. The summed E-state index contributed by atoms with van der Waals surface area (Å²) in [4.78, 5) is 14.2. The average Bonchev–Trinajstić information content (AvgIpc) is 3.36. The van der Waals surface area contributed by atoms with Crippen LogP contribution in [0.25, 0.3) is 11.0 Å². The molecule has 2 heterocycles. The summed E-state index contributed by atoms with van der Waals surface area (Å²) in [5.41, 5.74) is 1.74. The summed E-state index contributed by atoms with van der Waals surface area (Å²) in [5.74, 6) is 0.381. The van der Waals surface area contributed by atoms with Crippen molar-refractivity contribution >= 4 is 45.0 Å². The highest BCUT2D eigenvalue weighted by Crippen LogP contribution is 2.22. The van der Waals surface area contributed by atoms with E-state index in [0.717, 1.165) is 16.0 Å². The molecule has 10 heteroatoms. The van der Waals surface area contributed by atoms with Crippen LogP contribution in [0.4, 0.5) is 5.13 Å². The molecule has 2 aromatic carbocycles. The van der Waals surface area contributed by atoms with Crippen LogP contribution in [0.1, 0.15) is 11.9 Å². The summed E-state index contributed by atoms with van der Waals surface area (Å²) in [6, 6.07) is 14.6. The number of nitrogens with zero attached hydrogens (tertiary/aromatic N) is 6. The Morgan fingerprint density at radius 2 is 1.93 bits per heavy atom. The number of para-hydroxylation sites is 1. The number of fused-ring (bicyclic) bond motifs is 1. The number of halogens is 1. The molecular formula is C19H17ClN6O2S. The quantitative estimate of drug-likeness (QED) is 0.448. The van der Waals surface area contributed by atoms with E-state index >= 15 is 0 Å². The number of ether oxygens (including phenoxy) is 1. The number of amides is 1. The molecule has 4 aromatic rings. The van der Waals surface area contributed by atoms with Crippen molar-refractivity contribution in [2.75, 3.05) is 18.1 Å². The van der Waals surface area contributed by atoms with E-state index in [2.05, 4.69) is 20.5 Å². The van der Waals surface area contributed by atoms with Crippen molar-refractivity contribution in [3.63, 3.8) is 0 Å². The first-order valence-corrected chi connectivity index (χ1v) is 10.1. The number of anilines is 1. The summed E-state index contributed by atoms with van der Waals surface area (Å²) in [6.07, 6.45) is 0. The van der Waals surface area contributed by atoms with E-state index in [1.54, 1.807) is 33.8 Å². The molecule has 1 amide bonds. The van der Waals surface area contributed by atoms with Crippen LogP contribution in [-0.4, -0.2) is 44.3 Å². The molecule has 0 atom stereocenters. The molecule has 2 aromatic heterocycles. The maximum absolute atomic E-state index is 12.6. The van der Waals surface area contributed by atoms with E-state index in [1.165, 1.54) is 11.3 Å². The summed E-state index contributed by atoms with van der Waals surface area (Å²) < 4.78 is 7.32. The Morgan fingerprint density at radius 1 is 1.14 bits per heavy atom. The molecule has 0 fully saturated rings. The fraction of sp³-hybridized carbons (Fsp3) is 0.211. The highest BCUT2D eigenvalue weighted by Gasteiger charge is 2.19. The van der Waals surface area contributed by atoms with E-state index in [4.69, 9.17) is 16.3 Å². The Balaban J connectivity index is 1.43. The van der Waals surface area contributed by atoms with Gasteiger partial charge in [-0.3, -0.25) is 9.69 Å². The van der Waals surface area contributed by atoms with Gasteiger partial charge in [0.05, 0.1) is 12.1 Å². The second kappa shape index (κ2) is 8.54. The highest BCUT2D eigenvalue weighted by molar-refractivity contribution is 7.15. The molecule has 0 unspecified atom stereocenters. The summed E-state index contributed by atoms with van der Waals surface area (Å²) in [6.45, 7) is 2.68. The molecule has 0 radical (unpaired) electrons. The molecule has 0 aliphatic rings. The van der Waals surface area contributed by atoms with Gasteiger partial charge in [0.25, 0.3) is 5.91 Å². The Hall–Kier alpha value is -3.04. The summed E-state index contributed by atoms with van der Waals surface area (Å²) in [5, 5.41) is 18.6. The smallest absolute Gasteiger partial charge is 0.266 e. The van der Waals surface area contributed by atoms with Crippen LogP contribution in [0.2, 0.25) is 5.02 Å². The van der Waals surface area contributed by atoms with Crippen LogP contribution in [-0.2, 0) is 11.3 Å². The molecule has 29 heavy (non-hydrogen) atoms. The van der Waals surface area contributed by atoms with Crippen molar-refractivity contribution in [2.24, 2.45) is 0 Å². The van der Waals surface area contributed by atoms with E-state index in [9.17, 15) is 4.79 Å². The number of likely N-dealkylation sites (N-methyl/N-ethyl adjacent to an activating group) is 1. The molecule has 0 spiro atoms. The number of benzene rings is 2. The van der Waals surface area contributed by atoms with Gasteiger partial charge in [-0.15, -0.1) is 15.3 Å². The fourth-order valence-corrected chi connectivity index (χ4v) is 3.78. The Kier molecular flexibility index (Phi) is 5.68. The SMILES string of the molecule is CCN(C(=O)COc1ccc(Cl)cc1)c1nnc(Cn2nnc3ccccc32)s1. The first-order valence-electron chi connectivity index (χ1n) is 8.93. The fourth-order valence-electron chi connectivity index (χ4n) is 2.75. The molecule has 0 N–H and O–H groups in total. The van der Waals surface area contributed by atoms with Gasteiger partial charge in [0.2, 0.25) is 5.13 Å². The second-order valence-corrected chi connectivity index (χ2v) is 7.57. The van der Waals surface area contributed by atoms with Gasteiger partial charge in [-0.1, -0.05) is 40.3 Å². The lowest BCUT2D eigenvalue weighted by atomic mass is 10.3. The lowest BCUT2D eigenvalue weighted by molar-refractivity contribution is -0.120. The van der Waals surface area contributed by atoms with Crippen LogP contribution < -0.4 is 9.64 Å². The monoisotopic (exact) mass is 428 g/mol. The first kappa shape index (κ1) is 19.3. The maximum Gasteiger partial charge on any atom is 0.266 e. The Labute approximate surface area is 175 Å².